The molecular weight excluding hydrogens is 320 g/mol. The maximum absolute atomic E-state index is 12.4. The summed E-state index contributed by atoms with van der Waals surface area (Å²) in [5.41, 5.74) is -1.15. The summed E-state index contributed by atoms with van der Waals surface area (Å²) >= 11 is 1.42. The minimum absolute atomic E-state index is 0.0919. The molecule has 124 valence electrons. The Morgan fingerprint density at radius 3 is 3.13 bits per heavy atom. The van der Waals surface area contributed by atoms with E-state index in [1.807, 2.05) is 0 Å². The van der Waals surface area contributed by atoms with Gasteiger partial charge in [-0.1, -0.05) is 11.8 Å². The van der Waals surface area contributed by atoms with Crippen LogP contribution >= 0.6 is 11.8 Å². The van der Waals surface area contributed by atoms with E-state index in [0.29, 0.717) is 29.6 Å². The number of nitrogens with one attached hydrogen (secondary N) is 1. The number of piperidine rings is 1. The number of nitrogens with zero attached hydrogens (tertiary/aromatic N) is 3. The molecule has 0 radical (unpaired) electrons. The molecule has 1 aliphatic rings. The summed E-state index contributed by atoms with van der Waals surface area (Å²) in [6.45, 7) is 2.05. The molecule has 3 heterocycles. The number of aromatic amines is 1. The molecule has 0 aromatic carbocycles. The maximum atomic E-state index is 12.4. The van der Waals surface area contributed by atoms with E-state index in [1.165, 1.54) is 23.0 Å². The van der Waals surface area contributed by atoms with Gasteiger partial charge in [0.25, 0.3) is 5.91 Å². The van der Waals surface area contributed by atoms with Crippen LogP contribution in [0.25, 0.3) is 0 Å². The van der Waals surface area contributed by atoms with Gasteiger partial charge in [0.2, 0.25) is 0 Å². The SMILES string of the molecule is C[C@@]1(O)CCN(C(=O)c2ccc(CSc3ncn[nH]3)o2)C[C@H]1O. The quantitative estimate of drug-likeness (QED) is 0.701. The Balaban J connectivity index is 1.60. The molecule has 1 saturated heterocycles. The number of H-pyrrole nitrogens is 1. The number of likely N-dealkylation sites (tertiary alicyclic amines) is 1. The first-order valence-corrected chi connectivity index (χ1v) is 8.21. The van der Waals surface area contributed by atoms with Gasteiger partial charge in [0.15, 0.2) is 10.9 Å². The Hall–Kier alpha value is -1.84. The Kier molecular flexibility index (Phi) is 4.42. The van der Waals surface area contributed by atoms with Crippen LogP contribution in [0.2, 0.25) is 0 Å². The molecule has 9 heteroatoms. The minimum Gasteiger partial charge on any atom is -0.455 e. The third-order valence-electron chi connectivity index (χ3n) is 3.90. The van der Waals surface area contributed by atoms with Gasteiger partial charge in [0.05, 0.1) is 17.5 Å². The summed E-state index contributed by atoms with van der Waals surface area (Å²) in [4.78, 5) is 17.9. The Morgan fingerprint density at radius 2 is 2.43 bits per heavy atom. The van der Waals surface area contributed by atoms with Gasteiger partial charge >= 0.3 is 0 Å². The van der Waals surface area contributed by atoms with Gasteiger partial charge in [-0.2, -0.15) is 5.10 Å². The van der Waals surface area contributed by atoms with Gasteiger partial charge in [-0.15, -0.1) is 0 Å². The van der Waals surface area contributed by atoms with Crippen LogP contribution in [0.15, 0.2) is 28.0 Å². The van der Waals surface area contributed by atoms with Crippen LogP contribution in [0.5, 0.6) is 0 Å². The Labute approximate surface area is 136 Å². The van der Waals surface area contributed by atoms with Crippen molar-refractivity contribution in [3.05, 3.63) is 30.0 Å². The number of β-amino-alcohol motifs (C(OH)–C–C–N with tert-alkyl or cyclic N) is 1. The minimum atomic E-state index is -1.15. The molecule has 0 unspecified atom stereocenters. The monoisotopic (exact) mass is 338 g/mol. The van der Waals surface area contributed by atoms with Crippen LogP contribution in [0, 0.1) is 0 Å². The van der Waals surface area contributed by atoms with Crippen molar-refractivity contribution in [3.63, 3.8) is 0 Å². The molecule has 2 aromatic rings. The molecule has 23 heavy (non-hydrogen) atoms. The van der Waals surface area contributed by atoms with Gasteiger partial charge in [-0.05, 0) is 25.5 Å². The normalized spacial score (nSPS) is 24.8. The van der Waals surface area contributed by atoms with Crippen LogP contribution in [0.1, 0.15) is 29.7 Å². The van der Waals surface area contributed by atoms with E-state index < -0.39 is 11.7 Å². The summed E-state index contributed by atoms with van der Waals surface area (Å²) < 4.78 is 5.57. The fourth-order valence-electron chi connectivity index (χ4n) is 2.34. The van der Waals surface area contributed by atoms with Crippen molar-refractivity contribution in [2.45, 2.75) is 36.0 Å². The highest BCUT2D eigenvalue weighted by atomic mass is 32.2. The zero-order valence-corrected chi connectivity index (χ0v) is 13.4. The second-order valence-electron chi connectivity index (χ2n) is 5.72. The number of hydrogen-bond donors (Lipinski definition) is 3. The molecule has 1 fully saturated rings. The number of carbonyl (C=O) groups excluding carboxylic acids is 1. The number of thioether (sulfide) groups is 1. The molecule has 2 atom stereocenters. The third kappa shape index (κ3) is 3.57. The predicted octanol–water partition coefficient (Wildman–Crippen LogP) is 0.648. The van der Waals surface area contributed by atoms with Crippen molar-refractivity contribution in [2.24, 2.45) is 0 Å². The molecular formula is C14H18N4O4S. The average Bonchev–Trinajstić information content (AvgIpc) is 3.18. The van der Waals surface area contributed by atoms with E-state index in [-0.39, 0.29) is 18.2 Å². The van der Waals surface area contributed by atoms with E-state index in [1.54, 1.807) is 19.1 Å². The number of hydrogen-bond acceptors (Lipinski definition) is 7. The molecule has 0 bridgehead atoms. The van der Waals surface area contributed by atoms with Crippen molar-refractivity contribution in [3.8, 4) is 0 Å². The number of carbonyl (C=O) groups is 1. The average molecular weight is 338 g/mol. The molecule has 3 N–H and O–H groups in total. The molecule has 0 spiro atoms. The van der Waals surface area contributed by atoms with Gasteiger partial charge in [0, 0.05) is 13.1 Å². The zero-order chi connectivity index (χ0) is 16.4. The van der Waals surface area contributed by atoms with Gasteiger partial charge in [-0.25, -0.2) is 4.98 Å². The number of furan rings is 1. The van der Waals surface area contributed by atoms with Crippen molar-refractivity contribution in [1.82, 2.24) is 20.1 Å². The second-order valence-corrected chi connectivity index (χ2v) is 6.68. The molecule has 0 aliphatic carbocycles. The smallest absolute Gasteiger partial charge is 0.289 e. The predicted molar refractivity (Wildman–Crippen MR) is 81.8 cm³/mol. The molecule has 3 rings (SSSR count). The molecule has 1 aliphatic heterocycles. The van der Waals surface area contributed by atoms with Crippen LogP contribution in [-0.4, -0.2) is 61.0 Å². The first-order valence-electron chi connectivity index (χ1n) is 7.22. The van der Waals surface area contributed by atoms with E-state index in [9.17, 15) is 15.0 Å². The standard InChI is InChI=1S/C14H18N4O4S/c1-14(21)4-5-18(6-11(14)19)12(20)10-3-2-9(22-10)7-23-13-15-8-16-17-13/h2-3,8,11,19,21H,4-7H2,1H3,(H,15,16,17)/t11-,14-/m1/s1. The molecule has 8 nitrogen and oxygen atoms in total. The lowest BCUT2D eigenvalue weighted by Gasteiger charge is -2.39. The van der Waals surface area contributed by atoms with Crippen molar-refractivity contribution >= 4 is 17.7 Å². The molecule has 0 saturated carbocycles. The number of aromatic nitrogens is 3. The second kappa shape index (κ2) is 6.34. The van der Waals surface area contributed by atoms with Gasteiger partial charge < -0.3 is 19.5 Å². The Bertz CT molecular complexity index is 670. The lowest BCUT2D eigenvalue weighted by Crippen LogP contribution is -2.55. The van der Waals surface area contributed by atoms with Gasteiger partial charge in [-0.3, -0.25) is 9.89 Å². The van der Waals surface area contributed by atoms with Crippen LogP contribution in [-0.2, 0) is 5.75 Å². The number of rotatable bonds is 4. The summed E-state index contributed by atoms with van der Waals surface area (Å²) in [5, 5.41) is 27.0. The van der Waals surface area contributed by atoms with Crippen molar-refractivity contribution < 1.29 is 19.4 Å². The number of aliphatic hydroxyl groups is 2. The highest BCUT2D eigenvalue weighted by Crippen LogP contribution is 2.25. The molecule has 2 aromatic heterocycles. The number of aliphatic hydroxyl groups excluding tert-OH is 1. The third-order valence-corrected chi connectivity index (χ3v) is 4.80. The highest BCUT2D eigenvalue weighted by molar-refractivity contribution is 7.98. The lowest BCUT2D eigenvalue weighted by atomic mass is 9.91. The highest BCUT2D eigenvalue weighted by Gasteiger charge is 2.38. The van der Waals surface area contributed by atoms with Gasteiger partial charge in [0.1, 0.15) is 12.1 Å². The summed E-state index contributed by atoms with van der Waals surface area (Å²) in [6.07, 6.45) is 0.793. The summed E-state index contributed by atoms with van der Waals surface area (Å²) in [6, 6.07) is 3.37. The summed E-state index contributed by atoms with van der Waals surface area (Å²) in [5.74, 6) is 1.13. The summed E-state index contributed by atoms with van der Waals surface area (Å²) in [7, 11) is 0. The van der Waals surface area contributed by atoms with E-state index in [4.69, 9.17) is 4.42 Å². The first-order chi connectivity index (χ1) is 11.0. The van der Waals surface area contributed by atoms with Crippen LogP contribution in [0.3, 0.4) is 0 Å². The van der Waals surface area contributed by atoms with Crippen molar-refractivity contribution in [2.75, 3.05) is 13.1 Å². The van der Waals surface area contributed by atoms with E-state index >= 15 is 0 Å². The van der Waals surface area contributed by atoms with Crippen LogP contribution in [0.4, 0.5) is 0 Å². The van der Waals surface area contributed by atoms with E-state index in [2.05, 4.69) is 15.2 Å². The zero-order valence-electron chi connectivity index (χ0n) is 12.6. The topological polar surface area (TPSA) is 115 Å². The van der Waals surface area contributed by atoms with Crippen molar-refractivity contribution in [1.29, 1.82) is 0 Å². The maximum Gasteiger partial charge on any atom is 0.289 e. The van der Waals surface area contributed by atoms with E-state index in [0.717, 1.165) is 0 Å². The largest absolute Gasteiger partial charge is 0.455 e. The first kappa shape index (κ1) is 16.0. The fourth-order valence-corrected chi connectivity index (χ4v) is 3.01. The lowest BCUT2D eigenvalue weighted by molar-refractivity contribution is -0.100. The Morgan fingerprint density at radius 1 is 1.61 bits per heavy atom. The molecule has 1 amide bonds. The fraction of sp³-hybridized carbons (Fsp3) is 0.500. The van der Waals surface area contributed by atoms with Crippen LogP contribution < -0.4 is 0 Å². The number of amides is 1.